The molecule has 0 bridgehead atoms. The lowest BCUT2D eigenvalue weighted by molar-refractivity contribution is 0.190. The third-order valence-electron chi connectivity index (χ3n) is 3.89. The van der Waals surface area contributed by atoms with Gasteiger partial charge in [0.1, 0.15) is 19.2 Å². The Labute approximate surface area is 150 Å². The molecule has 0 fully saturated rings. The first-order valence-corrected chi connectivity index (χ1v) is 8.05. The van der Waals surface area contributed by atoms with E-state index in [1.54, 1.807) is 24.6 Å². The smallest absolute Gasteiger partial charge is 0.178 e. The van der Waals surface area contributed by atoms with Gasteiger partial charge in [0.05, 0.1) is 18.8 Å². The summed E-state index contributed by atoms with van der Waals surface area (Å²) < 4.78 is 16.6. The average molecular weight is 349 g/mol. The average Bonchev–Trinajstić information content (AvgIpc) is 3.20. The number of hydrogen-bond donors (Lipinski definition) is 1. The van der Waals surface area contributed by atoms with Gasteiger partial charge < -0.3 is 14.2 Å². The molecule has 1 aliphatic rings. The molecule has 2 aromatic carbocycles. The van der Waals surface area contributed by atoms with Crippen LogP contribution in [0.2, 0.25) is 0 Å². The van der Waals surface area contributed by atoms with Gasteiger partial charge in [0.2, 0.25) is 0 Å². The van der Waals surface area contributed by atoms with Crippen LogP contribution in [0.1, 0.15) is 5.56 Å². The van der Waals surface area contributed by atoms with Gasteiger partial charge in [-0.2, -0.15) is 0 Å². The molecule has 0 amide bonds. The summed E-state index contributed by atoms with van der Waals surface area (Å²) in [5, 5.41) is 2.61. The number of nitrogens with one attached hydrogen (secondary N) is 1. The lowest BCUT2D eigenvalue weighted by Crippen LogP contribution is -2.23. The molecule has 131 valence electrons. The fourth-order valence-electron chi connectivity index (χ4n) is 2.60. The van der Waals surface area contributed by atoms with Gasteiger partial charge in [0.25, 0.3) is 0 Å². The Morgan fingerprint density at radius 3 is 3.04 bits per heavy atom. The van der Waals surface area contributed by atoms with Crippen molar-refractivity contribution in [3.05, 3.63) is 66.8 Å². The second-order valence-corrected chi connectivity index (χ2v) is 5.61. The Balaban J connectivity index is 1.63. The summed E-state index contributed by atoms with van der Waals surface area (Å²) in [6.07, 6.45) is 4.91. The quantitative estimate of drug-likeness (QED) is 0.733. The number of ether oxygens (including phenoxy) is 3. The molecule has 3 aromatic rings. The number of hydrazine groups is 1. The Morgan fingerprint density at radius 1 is 1.31 bits per heavy atom. The van der Waals surface area contributed by atoms with Gasteiger partial charge in [-0.25, -0.2) is 9.97 Å². The van der Waals surface area contributed by atoms with Crippen LogP contribution in [0.25, 0.3) is 10.9 Å². The van der Waals surface area contributed by atoms with E-state index >= 15 is 0 Å². The van der Waals surface area contributed by atoms with Crippen LogP contribution in [0, 0.1) is 6.07 Å². The molecule has 1 N–H and O–H groups in total. The molecular formula is C19H17N4O3. The highest BCUT2D eigenvalue weighted by atomic mass is 16.5. The van der Waals surface area contributed by atoms with E-state index in [0.717, 1.165) is 16.5 Å². The van der Waals surface area contributed by atoms with Crippen molar-refractivity contribution in [3.8, 4) is 11.5 Å². The van der Waals surface area contributed by atoms with Crippen LogP contribution in [-0.4, -0.2) is 28.8 Å². The number of anilines is 1. The highest BCUT2D eigenvalue weighted by Crippen LogP contribution is 2.34. The van der Waals surface area contributed by atoms with Gasteiger partial charge in [-0.05, 0) is 23.8 Å². The van der Waals surface area contributed by atoms with Crippen molar-refractivity contribution in [3.63, 3.8) is 0 Å². The molecule has 1 aliphatic heterocycles. The van der Waals surface area contributed by atoms with Gasteiger partial charge >= 0.3 is 0 Å². The van der Waals surface area contributed by atoms with Crippen molar-refractivity contribution < 1.29 is 14.2 Å². The standard InChI is InChI=1S/C19H17N4O3/c1-24-17-9-15-16(10-18(17)26-11-14-5-3-2-4-6-14)20-12-21-19(15)22-23-7-8-25-13-23/h2-3,5-10,12H,11,13H2,1H3,(H,20,21,22). The lowest BCUT2D eigenvalue weighted by Gasteiger charge is -2.18. The van der Waals surface area contributed by atoms with E-state index in [0.29, 0.717) is 30.7 Å². The minimum absolute atomic E-state index is 0.415. The number of hydrogen-bond acceptors (Lipinski definition) is 7. The zero-order valence-electron chi connectivity index (χ0n) is 14.2. The minimum Gasteiger partial charge on any atom is -0.493 e. The van der Waals surface area contributed by atoms with Crippen LogP contribution >= 0.6 is 0 Å². The largest absolute Gasteiger partial charge is 0.493 e. The molecule has 1 radical (unpaired) electrons. The Hall–Kier alpha value is -3.48. The molecule has 0 atom stereocenters. The van der Waals surface area contributed by atoms with Crippen molar-refractivity contribution in [2.45, 2.75) is 6.61 Å². The summed E-state index contributed by atoms with van der Waals surface area (Å²) in [7, 11) is 1.61. The fraction of sp³-hybridized carbons (Fsp3) is 0.158. The maximum Gasteiger partial charge on any atom is 0.178 e. The zero-order valence-corrected chi connectivity index (χ0v) is 14.2. The third-order valence-corrected chi connectivity index (χ3v) is 3.89. The van der Waals surface area contributed by atoms with Crippen LogP contribution in [0.3, 0.4) is 0 Å². The molecule has 4 rings (SSSR count). The predicted octanol–water partition coefficient (Wildman–Crippen LogP) is 3.11. The van der Waals surface area contributed by atoms with Crippen LogP contribution in [-0.2, 0) is 11.3 Å². The molecular weight excluding hydrogens is 332 g/mol. The maximum absolute atomic E-state index is 5.93. The molecule has 2 heterocycles. The number of fused-ring (bicyclic) bond motifs is 1. The monoisotopic (exact) mass is 349 g/mol. The van der Waals surface area contributed by atoms with Crippen molar-refractivity contribution in [2.24, 2.45) is 0 Å². The molecule has 7 heteroatoms. The first kappa shape index (κ1) is 16.0. The van der Waals surface area contributed by atoms with E-state index in [1.165, 1.54) is 6.33 Å². The van der Waals surface area contributed by atoms with Gasteiger partial charge in [-0.15, -0.1) is 0 Å². The number of methoxy groups -OCH3 is 1. The predicted molar refractivity (Wildman–Crippen MR) is 96.3 cm³/mol. The van der Waals surface area contributed by atoms with Crippen molar-refractivity contribution in [1.82, 2.24) is 15.0 Å². The molecule has 0 unspecified atom stereocenters. The highest BCUT2D eigenvalue weighted by Gasteiger charge is 2.14. The summed E-state index contributed by atoms with van der Waals surface area (Å²) in [5.41, 5.74) is 4.96. The van der Waals surface area contributed by atoms with Crippen LogP contribution < -0.4 is 14.9 Å². The van der Waals surface area contributed by atoms with E-state index in [2.05, 4.69) is 21.5 Å². The van der Waals surface area contributed by atoms with E-state index in [4.69, 9.17) is 14.2 Å². The first-order valence-electron chi connectivity index (χ1n) is 8.05. The summed E-state index contributed by atoms with van der Waals surface area (Å²) in [6.45, 7) is 0.837. The highest BCUT2D eigenvalue weighted by molar-refractivity contribution is 5.91. The molecule has 0 aliphatic carbocycles. The van der Waals surface area contributed by atoms with Gasteiger partial charge in [-0.1, -0.05) is 18.2 Å². The number of benzene rings is 2. The SMILES string of the molecule is COc1cc2c(NN3C=COC3)ncnc2cc1OCc1c[c]ccc1. The minimum atomic E-state index is 0.415. The Bertz CT molecular complexity index is 931. The van der Waals surface area contributed by atoms with Gasteiger partial charge in [0, 0.05) is 11.5 Å². The zero-order chi connectivity index (χ0) is 17.8. The molecule has 1 aromatic heterocycles. The van der Waals surface area contributed by atoms with E-state index in [1.807, 2.05) is 36.4 Å². The number of aromatic nitrogens is 2. The van der Waals surface area contributed by atoms with E-state index in [9.17, 15) is 0 Å². The topological polar surface area (TPSA) is 68.7 Å². The van der Waals surface area contributed by atoms with Crippen LogP contribution in [0.15, 0.2) is 55.2 Å². The number of nitrogens with zero attached hydrogens (tertiary/aromatic N) is 3. The van der Waals surface area contributed by atoms with Crippen molar-refractivity contribution >= 4 is 16.7 Å². The lowest BCUT2D eigenvalue weighted by atomic mass is 10.2. The molecule has 26 heavy (non-hydrogen) atoms. The maximum atomic E-state index is 5.93. The third kappa shape index (κ3) is 3.32. The summed E-state index contributed by atoms with van der Waals surface area (Å²) in [6, 6.07) is 14.4. The second kappa shape index (κ2) is 7.18. The van der Waals surface area contributed by atoms with Crippen molar-refractivity contribution in [2.75, 3.05) is 19.3 Å². The van der Waals surface area contributed by atoms with Crippen LogP contribution in [0.5, 0.6) is 11.5 Å². The normalized spacial score (nSPS) is 12.9. The molecule has 0 saturated carbocycles. The fourth-order valence-corrected chi connectivity index (χ4v) is 2.60. The molecule has 0 spiro atoms. The summed E-state index contributed by atoms with van der Waals surface area (Å²) in [5.74, 6) is 1.90. The van der Waals surface area contributed by atoms with Gasteiger partial charge in [0.15, 0.2) is 24.0 Å². The molecule has 0 saturated heterocycles. The first-order chi connectivity index (χ1) is 12.8. The number of rotatable bonds is 6. The molecule has 7 nitrogen and oxygen atoms in total. The van der Waals surface area contributed by atoms with Gasteiger partial charge in [-0.3, -0.25) is 10.4 Å². The summed E-state index contributed by atoms with van der Waals surface area (Å²) in [4.78, 5) is 8.66. The second-order valence-electron chi connectivity index (χ2n) is 5.61. The van der Waals surface area contributed by atoms with E-state index in [-0.39, 0.29) is 0 Å². The van der Waals surface area contributed by atoms with E-state index < -0.39 is 0 Å². The van der Waals surface area contributed by atoms with Crippen LogP contribution in [0.4, 0.5) is 5.82 Å². The summed E-state index contributed by atoms with van der Waals surface area (Å²) >= 11 is 0. The Kier molecular flexibility index (Phi) is 4.42. The van der Waals surface area contributed by atoms with Crippen molar-refractivity contribution in [1.29, 1.82) is 0 Å². The Morgan fingerprint density at radius 2 is 2.27 bits per heavy atom.